The van der Waals surface area contributed by atoms with E-state index in [4.69, 9.17) is 16.3 Å². The van der Waals surface area contributed by atoms with Gasteiger partial charge < -0.3 is 14.4 Å². The molecule has 0 amide bonds. The van der Waals surface area contributed by atoms with Crippen molar-refractivity contribution in [2.24, 2.45) is 0 Å². The fourth-order valence-electron chi connectivity index (χ4n) is 1.74. The second kappa shape index (κ2) is 5.89. The number of aromatic nitrogens is 2. The van der Waals surface area contributed by atoms with Gasteiger partial charge in [0.25, 0.3) is 0 Å². The molecule has 2 aromatic rings. The van der Waals surface area contributed by atoms with E-state index in [2.05, 4.69) is 4.98 Å². The minimum absolute atomic E-state index is 0.0943. The third-order valence-corrected chi connectivity index (χ3v) is 3.02. The lowest BCUT2D eigenvalue weighted by Gasteiger charge is -2.12. The number of nitrogens with zero attached hydrogens (tertiary/aromatic N) is 2. The summed E-state index contributed by atoms with van der Waals surface area (Å²) in [5.74, 6) is 0.533. The van der Waals surface area contributed by atoms with E-state index < -0.39 is 0 Å². The van der Waals surface area contributed by atoms with Crippen molar-refractivity contribution in [3.63, 3.8) is 0 Å². The number of rotatable bonds is 5. The lowest BCUT2D eigenvalue weighted by Crippen LogP contribution is -2.05. The molecule has 0 spiro atoms. The second-order valence-electron chi connectivity index (χ2n) is 3.85. The van der Waals surface area contributed by atoms with E-state index in [1.807, 2.05) is 11.5 Å². The lowest BCUT2D eigenvalue weighted by atomic mass is 10.2. The SMILES string of the molecule is CCn1cncc1COc1c(Cl)cccc1CO. The Morgan fingerprint density at radius 1 is 1.44 bits per heavy atom. The number of hydrogen-bond donors (Lipinski definition) is 1. The van der Waals surface area contributed by atoms with Crippen molar-refractivity contribution in [1.29, 1.82) is 0 Å². The Kier molecular flexibility index (Phi) is 4.23. The molecule has 0 saturated carbocycles. The van der Waals surface area contributed by atoms with Crippen LogP contribution < -0.4 is 4.74 Å². The van der Waals surface area contributed by atoms with Gasteiger partial charge in [0.15, 0.2) is 0 Å². The van der Waals surface area contributed by atoms with Gasteiger partial charge in [-0.25, -0.2) is 4.98 Å². The molecule has 0 aliphatic heterocycles. The van der Waals surface area contributed by atoms with E-state index in [1.165, 1.54) is 0 Å². The van der Waals surface area contributed by atoms with Gasteiger partial charge in [0.05, 0.1) is 29.8 Å². The first kappa shape index (κ1) is 12.9. The summed E-state index contributed by atoms with van der Waals surface area (Å²) in [5, 5.41) is 9.75. The van der Waals surface area contributed by atoms with Crippen molar-refractivity contribution in [3.05, 3.63) is 47.0 Å². The first-order valence-corrected chi connectivity index (χ1v) is 6.14. The third kappa shape index (κ3) is 2.66. The summed E-state index contributed by atoms with van der Waals surface area (Å²) in [6, 6.07) is 5.32. The highest BCUT2D eigenvalue weighted by atomic mass is 35.5. The number of aliphatic hydroxyl groups is 1. The highest BCUT2D eigenvalue weighted by Gasteiger charge is 2.09. The van der Waals surface area contributed by atoms with Crippen molar-refractivity contribution in [2.45, 2.75) is 26.7 Å². The van der Waals surface area contributed by atoms with E-state index in [-0.39, 0.29) is 6.61 Å². The van der Waals surface area contributed by atoms with Crippen molar-refractivity contribution in [2.75, 3.05) is 0 Å². The molecule has 5 heteroatoms. The molecule has 0 saturated heterocycles. The molecule has 0 radical (unpaired) electrons. The van der Waals surface area contributed by atoms with Crippen LogP contribution in [0.25, 0.3) is 0 Å². The standard InChI is InChI=1S/C13H15ClN2O2/c1-2-16-9-15-6-11(16)8-18-13-10(7-17)4-3-5-12(13)14/h3-6,9,17H,2,7-8H2,1H3. The smallest absolute Gasteiger partial charge is 0.143 e. The average molecular weight is 267 g/mol. The van der Waals surface area contributed by atoms with Gasteiger partial charge in [0.2, 0.25) is 0 Å². The number of aryl methyl sites for hydroxylation is 1. The van der Waals surface area contributed by atoms with Gasteiger partial charge in [-0.2, -0.15) is 0 Å². The Bertz CT molecular complexity index is 525. The van der Waals surface area contributed by atoms with Crippen molar-refractivity contribution in [1.82, 2.24) is 9.55 Å². The van der Waals surface area contributed by atoms with E-state index in [0.29, 0.717) is 22.9 Å². The van der Waals surface area contributed by atoms with Gasteiger partial charge in [0, 0.05) is 12.1 Å². The van der Waals surface area contributed by atoms with E-state index in [1.54, 1.807) is 30.7 Å². The largest absolute Gasteiger partial charge is 0.485 e. The summed E-state index contributed by atoms with van der Waals surface area (Å²) >= 11 is 6.06. The molecule has 1 heterocycles. The van der Waals surface area contributed by atoms with Crippen molar-refractivity contribution in [3.8, 4) is 5.75 Å². The van der Waals surface area contributed by atoms with Crippen LogP contribution in [0.3, 0.4) is 0 Å². The van der Waals surface area contributed by atoms with Crippen LogP contribution in [0, 0.1) is 0 Å². The molecule has 1 aromatic heterocycles. The van der Waals surface area contributed by atoms with Gasteiger partial charge in [-0.3, -0.25) is 0 Å². The molecular formula is C13H15ClN2O2. The Morgan fingerprint density at radius 3 is 3.00 bits per heavy atom. The van der Waals surface area contributed by atoms with Gasteiger partial charge in [-0.1, -0.05) is 23.7 Å². The van der Waals surface area contributed by atoms with Crippen LogP contribution in [0.5, 0.6) is 5.75 Å². The lowest BCUT2D eigenvalue weighted by molar-refractivity contribution is 0.256. The maximum atomic E-state index is 9.24. The summed E-state index contributed by atoms with van der Waals surface area (Å²) in [5.41, 5.74) is 1.66. The van der Waals surface area contributed by atoms with Crippen molar-refractivity contribution < 1.29 is 9.84 Å². The Labute approximate surface area is 111 Å². The molecular weight excluding hydrogens is 252 g/mol. The minimum Gasteiger partial charge on any atom is -0.485 e. The van der Waals surface area contributed by atoms with Crippen LogP contribution in [0.2, 0.25) is 5.02 Å². The number of ether oxygens (including phenoxy) is 1. The molecule has 4 nitrogen and oxygen atoms in total. The van der Waals surface area contributed by atoms with E-state index in [0.717, 1.165) is 12.2 Å². The summed E-state index contributed by atoms with van der Waals surface area (Å²) in [4.78, 5) is 4.07. The molecule has 1 aromatic carbocycles. The van der Waals surface area contributed by atoms with Crippen LogP contribution >= 0.6 is 11.6 Å². The number of halogens is 1. The molecule has 0 atom stereocenters. The molecule has 0 bridgehead atoms. The fraction of sp³-hybridized carbons (Fsp3) is 0.308. The normalized spacial score (nSPS) is 10.6. The van der Waals surface area contributed by atoms with Gasteiger partial charge in [-0.15, -0.1) is 0 Å². The number of aliphatic hydroxyl groups excluding tert-OH is 1. The van der Waals surface area contributed by atoms with Crippen LogP contribution in [0.15, 0.2) is 30.7 Å². The van der Waals surface area contributed by atoms with Gasteiger partial charge in [-0.05, 0) is 13.0 Å². The first-order valence-electron chi connectivity index (χ1n) is 5.76. The molecule has 96 valence electrons. The summed E-state index contributed by atoms with van der Waals surface area (Å²) in [7, 11) is 0. The van der Waals surface area contributed by atoms with Crippen LogP contribution in [-0.4, -0.2) is 14.7 Å². The summed E-state index contributed by atoms with van der Waals surface area (Å²) in [6.07, 6.45) is 3.53. The maximum absolute atomic E-state index is 9.24. The zero-order valence-electron chi connectivity index (χ0n) is 10.1. The summed E-state index contributed by atoms with van der Waals surface area (Å²) < 4.78 is 7.69. The molecule has 2 rings (SSSR count). The Balaban J connectivity index is 2.15. The number of hydrogen-bond acceptors (Lipinski definition) is 3. The van der Waals surface area contributed by atoms with Gasteiger partial charge >= 0.3 is 0 Å². The van der Waals surface area contributed by atoms with E-state index >= 15 is 0 Å². The number of benzene rings is 1. The van der Waals surface area contributed by atoms with Gasteiger partial charge in [0.1, 0.15) is 12.4 Å². The number of para-hydroxylation sites is 1. The highest BCUT2D eigenvalue weighted by molar-refractivity contribution is 6.32. The zero-order chi connectivity index (χ0) is 13.0. The molecule has 0 unspecified atom stereocenters. The fourth-order valence-corrected chi connectivity index (χ4v) is 1.99. The van der Waals surface area contributed by atoms with E-state index in [9.17, 15) is 5.11 Å². The zero-order valence-corrected chi connectivity index (χ0v) is 10.9. The van der Waals surface area contributed by atoms with Crippen LogP contribution in [-0.2, 0) is 19.8 Å². The molecule has 0 aliphatic rings. The minimum atomic E-state index is -0.0943. The number of imidazole rings is 1. The Morgan fingerprint density at radius 2 is 2.28 bits per heavy atom. The van der Waals surface area contributed by atoms with Crippen LogP contribution in [0.1, 0.15) is 18.2 Å². The third-order valence-electron chi connectivity index (χ3n) is 2.72. The quantitative estimate of drug-likeness (QED) is 0.905. The molecule has 0 fully saturated rings. The predicted octanol–water partition coefficient (Wildman–Crippen LogP) is 2.63. The topological polar surface area (TPSA) is 47.3 Å². The average Bonchev–Trinajstić information content (AvgIpc) is 2.84. The Hall–Kier alpha value is -1.52. The molecule has 1 N–H and O–H groups in total. The highest BCUT2D eigenvalue weighted by Crippen LogP contribution is 2.29. The molecule has 0 aliphatic carbocycles. The van der Waals surface area contributed by atoms with Crippen molar-refractivity contribution >= 4 is 11.6 Å². The first-order chi connectivity index (χ1) is 8.76. The second-order valence-corrected chi connectivity index (χ2v) is 4.25. The summed E-state index contributed by atoms with van der Waals surface area (Å²) in [6.45, 7) is 3.17. The predicted molar refractivity (Wildman–Crippen MR) is 69.6 cm³/mol. The van der Waals surface area contributed by atoms with Crippen LogP contribution in [0.4, 0.5) is 0 Å². The maximum Gasteiger partial charge on any atom is 0.143 e. The molecule has 18 heavy (non-hydrogen) atoms. The monoisotopic (exact) mass is 266 g/mol.